The third kappa shape index (κ3) is 9.87. The number of carbonyl (C=O) groups excluding carboxylic acids is 6. The van der Waals surface area contributed by atoms with Gasteiger partial charge < -0.3 is 27.8 Å². The van der Waals surface area contributed by atoms with Gasteiger partial charge in [0.25, 0.3) is 0 Å². The van der Waals surface area contributed by atoms with Crippen LogP contribution in [0.15, 0.2) is 150 Å². The van der Waals surface area contributed by atoms with Gasteiger partial charge in [0.05, 0.1) is 0 Å². The molecule has 0 bridgehead atoms. The molecule has 2 atom stereocenters. The van der Waals surface area contributed by atoms with Crippen LogP contribution >= 0.6 is 24.6 Å². The zero-order valence-corrected chi connectivity index (χ0v) is 33.6. The molecular formula is C42H30N3O12P3. The third-order valence-electron chi connectivity index (χ3n) is 8.14. The molecule has 60 heavy (non-hydrogen) atoms. The average molecular weight is 862 g/mol. The van der Waals surface area contributed by atoms with Gasteiger partial charge in [-0.1, -0.05) is 0 Å². The lowest BCUT2D eigenvalue weighted by molar-refractivity contribution is 0.0545. The highest BCUT2D eigenvalue weighted by atomic mass is 31.3. The van der Waals surface area contributed by atoms with Crippen LogP contribution in [0.4, 0.5) is 0 Å². The van der Waals surface area contributed by atoms with Gasteiger partial charge in [-0.15, -0.1) is 4.52 Å². The maximum atomic E-state index is 11.6. The quantitative estimate of drug-likeness (QED) is 0.0589. The molecule has 0 fully saturated rings. The van der Waals surface area contributed by atoms with Crippen LogP contribution in [0.5, 0.6) is 34.5 Å². The van der Waals surface area contributed by atoms with Gasteiger partial charge in [-0.25, -0.2) is 0 Å². The molecular weight excluding hydrogens is 831 g/mol. The van der Waals surface area contributed by atoms with Crippen molar-refractivity contribution in [3.8, 4) is 34.5 Å². The first-order chi connectivity index (χ1) is 29.3. The lowest BCUT2D eigenvalue weighted by Gasteiger charge is -2.43. The van der Waals surface area contributed by atoms with E-state index >= 15 is 0 Å². The molecule has 0 saturated heterocycles. The molecule has 15 nitrogen and oxygen atoms in total. The van der Waals surface area contributed by atoms with Crippen LogP contribution in [0.3, 0.4) is 0 Å². The van der Waals surface area contributed by atoms with E-state index in [-0.39, 0.29) is 34.5 Å². The van der Waals surface area contributed by atoms with Crippen molar-refractivity contribution in [2.75, 3.05) is 0 Å². The topological polar surface area (TPSA) is 177 Å². The number of nitrogens with zero attached hydrogens (tertiary/aromatic N) is 3. The summed E-state index contributed by atoms with van der Waals surface area (Å²) in [5, 5.41) is 0. The predicted molar refractivity (Wildman–Crippen MR) is 222 cm³/mol. The number of hydrogen-bond donors (Lipinski definition) is 0. The molecule has 0 aromatic heterocycles. The Bertz CT molecular complexity index is 2470. The maximum Gasteiger partial charge on any atom is 0.447 e. The van der Waals surface area contributed by atoms with Crippen molar-refractivity contribution in [3.63, 3.8) is 0 Å². The van der Waals surface area contributed by atoms with E-state index in [4.69, 9.17) is 32.3 Å². The Morgan fingerprint density at radius 3 is 1.03 bits per heavy atom. The molecule has 0 spiro atoms. The second-order valence-electron chi connectivity index (χ2n) is 12.3. The molecule has 0 saturated carbocycles. The number of rotatable bonds is 18. The van der Waals surface area contributed by atoms with E-state index in [1.165, 1.54) is 82.0 Å². The summed E-state index contributed by atoms with van der Waals surface area (Å²) in [4.78, 5) is 82.9. The molecule has 1 aliphatic rings. The van der Waals surface area contributed by atoms with Gasteiger partial charge in [-0.05, 0) is 146 Å². The normalized spacial score (nSPS) is 15.9. The van der Waals surface area contributed by atoms with Crippen LogP contribution in [0.2, 0.25) is 0 Å². The summed E-state index contributed by atoms with van der Waals surface area (Å²) in [7, 11) is -9.26. The van der Waals surface area contributed by atoms with Gasteiger partial charge in [-0.3, -0.25) is 28.8 Å². The number of benzene rings is 6. The second kappa shape index (κ2) is 19.3. The largest absolute Gasteiger partial charge is 0.447 e. The number of hydrogen-bond acceptors (Lipinski definition) is 15. The molecule has 7 rings (SSSR count). The first-order valence-corrected chi connectivity index (χ1v) is 21.5. The minimum atomic E-state index is -4.23. The Kier molecular flexibility index (Phi) is 13.3. The summed E-state index contributed by atoms with van der Waals surface area (Å²) >= 11 is 0. The van der Waals surface area contributed by atoms with Crippen molar-refractivity contribution >= 4 is 62.3 Å². The summed E-state index contributed by atoms with van der Waals surface area (Å²) in [6.07, 6.45) is 4.06. The van der Waals surface area contributed by atoms with Gasteiger partial charge in [0, 0.05) is 42.6 Å². The van der Waals surface area contributed by atoms with E-state index in [9.17, 15) is 28.8 Å². The fourth-order valence-corrected chi connectivity index (χ4v) is 12.6. The molecule has 6 aromatic carbocycles. The predicted octanol–water partition coefficient (Wildman–Crippen LogP) is 10.2. The van der Waals surface area contributed by atoms with E-state index in [1.54, 1.807) is 72.8 Å². The summed E-state index contributed by atoms with van der Waals surface area (Å²) in [6.45, 7) is 0. The van der Waals surface area contributed by atoms with E-state index < -0.39 is 24.6 Å². The van der Waals surface area contributed by atoms with Gasteiger partial charge >= 0.3 is 24.6 Å². The second-order valence-corrected chi connectivity index (χ2v) is 17.8. The van der Waals surface area contributed by atoms with Gasteiger partial charge in [0.1, 0.15) is 72.2 Å². The highest BCUT2D eigenvalue weighted by molar-refractivity contribution is 7.78. The zero-order valence-electron chi connectivity index (χ0n) is 30.9. The molecule has 1 heterocycles. The highest BCUT2D eigenvalue weighted by Gasteiger charge is 2.58. The van der Waals surface area contributed by atoms with E-state index in [0.29, 0.717) is 71.1 Å². The van der Waals surface area contributed by atoms with Crippen molar-refractivity contribution in [2.24, 2.45) is 4.52 Å². The molecule has 300 valence electrons. The van der Waals surface area contributed by atoms with E-state index in [1.807, 2.05) is 0 Å². The molecule has 2 unspecified atom stereocenters. The number of carbonyl (C=O) groups is 6. The van der Waals surface area contributed by atoms with E-state index in [2.05, 4.69) is 0 Å². The third-order valence-corrected chi connectivity index (χ3v) is 15.0. The zero-order chi connectivity index (χ0) is 41.9. The Labute approximate surface area is 345 Å². The van der Waals surface area contributed by atoms with Crippen LogP contribution in [0, 0.1) is 0 Å². The van der Waals surface area contributed by atoms with Crippen molar-refractivity contribution in [2.45, 2.75) is 0 Å². The minimum Gasteiger partial charge on any atom is -0.440 e. The van der Waals surface area contributed by atoms with Crippen molar-refractivity contribution < 1.29 is 56.5 Å². The number of aldehydes is 6. The SMILES string of the molecule is O=Cc1ccc(ON2P(Oc3ccc(C=O)cc3)N=P(Oc3ccc(C=O)cc3)(Oc3ccc(C=O)cc3)N(Oc3ccc(C=O)cc3)P2Oc2ccc(C=O)cc2)cc1. The molecule has 18 heteroatoms. The van der Waals surface area contributed by atoms with Crippen LogP contribution in [-0.2, 0) is 0 Å². The average Bonchev–Trinajstić information content (AvgIpc) is 3.30. The van der Waals surface area contributed by atoms with Crippen LogP contribution in [0.25, 0.3) is 0 Å². The van der Waals surface area contributed by atoms with Crippen molar-refractivity contribution in [1.82, 2.24) is 9.21 Å². The Morgan fingerprint density at radius 2 is 0.683 bits per heavy atom. The van der Waals surface area contributed by atoms with Crippen molar-refractivity contribution in [1.29, 1.82) is 0 Å². The van der Waals surface area contributed by atoms with Crippen LogP contribution in [0.1, 0.15) is 62.1 Å². The highest BCUT2D eigenvalue weighted by Crippen LogP contribution is 2.77. The van der Waals surface area contributed by atoms with Gasteiger partial charge in [0.2, 0.25) is 0 Å². The molecule has 1 aliphatic heterocycles. The summed E-state index contributed by atoms with van der Waals surface area (Å²) in [5.41, 5.74) is 2.21. The standard InChI is InChI=1S/C42H30N3O12P3/c46-25-31-1-13-37(14-2-31)52-44-58(54-39-17-5-33(27-48)6-18-39)43-60(56-41-21-9-35(29-50)10-22-41,57-42-23-11-36(30-51)12-24-42)45(53-38-15-3-32(26-47)4-16-38)59(44)55-40-19-7-34(28-49)8-20-40/h1-30H. The fourth-order valence-electron chi connectivity index (χ4n) is 5.09. The maximum absolute atomic E-state index is 11.6. The van der Waals surface area contributed by atoms with E-state index in [0.717, 1.165) is 0 Å². The lowest BCUT2D eigenvalue weighted by atomic mass is 10.2. The summed E-state index contributed by atoms with van der Waals surface area (Å²) < 4.78 is 34.7. The summed E-state index contributed by atoms with van der Waals surface area (Å²) in [6, 6.07) is 37.1. The van der Waals surface area contributed by atoms with Gasteiger partial charge in [-0.2, -0.15) is 0 Å². The first kappa shape index (κ1) is 41.3. The Morgan fingerprint density at radius 1 is 0.383 bits per heavy atom. The van der Waals surface area contributed by atoms with Crippen LogP contribution in [-0.4, -0.2) is 46.9 Å². The minimum absolute atomic E-state index is 0.180. The molecule has 0 amide bonds. The first-order valence-electron chi connectivity index (χ1n) is 17.6. The lowest BCUT2D eigenvalue weighted by Crippen LogP contribution is -2.37. The summed E-state index contributed by atoms with van der Waals surface area (Å²) in [5.74, 6) is 1.26. The Hall–Kier alpha value is -6.85. The Balaban J connectivity index is 1.49. The van der Waals surface area contributed by atoms with Crippen molar-refractivity contribution in [3.05, 3.63) is 179 Å². The monoisotopic (exact) mass is 861 g/mol. The fraction of sp³-hybridized carbons (Fsp3) is 0. The van der Waals surface area contributed by atoms with Crippen LogP contribution < -0.4 is 27.8 Å². The molecule has 6 aromatic rings. The molecule has 0 radical (unpaired) electrons. The van der Waals surface area contributed by atoms with Gasteiger partial charge in [0.15, 0.2) is 0 Å². The smallest absolute Gasteiger partial charge is 0.440 e. The molecule has 0 aliphatic carbocycles. The molecule has 0 N–H and O–H groups in total.